The maximum atomic E-state index is 12.9. The minimum atomic E-state index is -1.20. The van der Waals surface area contributed by atoms with E-state index in [4.69, 9.17) is 0 Å². The molecule has 3 nitrogen and oxygen atoms in total. The van der Waals surface area contributed by atoms with Crippen molar-refractivity contribution >= 4 is 12.4 Å². The van der Waals surface area contributed by atoms with E-state index in [9.17, 15) is 19.0 Å². The molecule has 0 aliphatic carbocycles. The van der Waals surface area contributed by atoms with Gasteiger partial charge in [0, 0.05) is 13.1 Å². The SMILES string of the molecule is CC(O)(CNCC(C)(O)c1ccc(F)cc1)c1ccc(F)cc1.Cl. The van der Waals surface area contributed by atoms with Gasteiger partial charge in [-0.3, -0.25) is 0 Å². The van der Waals surface area contributed by atoms with Crippen molar-refractivity contribution in [1.82, 2.24) is 5.32 Å². The zero-order valence-electron chi connectivity index (χ0n) is 13.6. The van der Waals surface area contributed by atoms with E-state index >= 15 is 0 Å². The second-order valence-electron chi connectivity index (χ2n) is 6.17. The van der Waals surface area contributed by atoms with Crippen molar-refractivity contribution < 1.29 is 19.0 Å². The van der Waals surface area contributed by atoms with Crippen LogP contribution in [-0.4, -0.2) is 23.3 Å². The molecule has 0 radical (unpaired) electrons. The summed E-state index contributed by atoms with van der Waals surface area (Å²) in [5.74, 6) is -0.728. The highest BCUT2D eigenvalue weighted by Crippen LogP contribution is 2.22. The van der Waals surface area contributed by atoms with Gasteiger partial charge in [0.1, 0.15) is 11.6 Å². The van der Waals surface area contributed by atoms with Crippen LogP contribution in [0, 0.1) is 11.6 Å². The van der Waals surface area contributed by atoms with Crippen LogP contribution in [0.5, 0.6) is 0 Å². The molecule has 0 heterocycles. The smallest absolute Gasteiger partial charge is 0.123 e. The van der Waals surface area contributed by atoms with Crippen molar-refractivity contribution in [2.45, 2.75) is 25.0 Å². The van der Waals surface area contributed by atoms with Gasteiger partial charge in [-0.05, 0) is 49.2 Å². The molecule has 6 heteroatoms. The largest absolute Gasteiger partial charge is 0.384 e. The average Bonchev–Trinajstić information content (AvgIpc) is 2.47. The van der Waals surface area contributed by atoms with E-state index in [2.05, 4.69) is 5.32 Å². The monoisotopic (exact) mass is 357 g/mol. The lowest BCUT2D eigenvalue weighted by Gasteiger charge is -2.29. The first-order chi connectivity index (χ1) is 10.7. The highest BCUT2D eigenvalue weighted by atomic mass is 35.5. The van der Waals surface area contributed by atoms with Crippen molar-refractivity contribution in [1.29, 1.82) is 0 Å². The summed E-state index contributed by atoms with van der Waals surface area (Å²) < 4.78 is 25.9. The van der Waals surface area contributed by atoms with Crippen molar-refractivity contribution in [2.75, 3.05) is 13.1 Å². The first kappa shape index (κ1) is 20.5. The summed E-state index contributed by atoms with van der Waals surface area (Å²) >= 11 is 0. The zero-order chi connectivity index (χ0) is 17.1. The van der Waals surface area contributed by atoms with E-state index in [1.165, 1.54) is 48.5 Å². The molecule has 0 fully saturated rings. The molecule has 2 aromatic rings. The van der Waals surface area contributed by atoms with Crippen LogP contribution in [0.4, 0.5) is 8.78 Å². The van der Waals surface area contributed by atoms with Crippen LogP contribution >= 0.6 is 12.4 Å². The minimum absolute atomic E-state index is 0. The molecular weight excluding hydrogens is 336 g/mol. The molecule has 132 valence electrons. The van der Waals surface area contributed by atoms with E-state index in [1.54, 1.807) is 13.8 Å². The third kappa shape index (κ3) is 5.24. The molecule has 0 amide bonds. The second-order valence-corrected chi connectivity index (χ2v) is 6.17. The number of hydrogen-bond acceptors (Lipinski definition) is 3. The van der Waals surface area contributed by atoms with Crippen LogP contribution in [0.2, 0.25) is 0 Å². The Morgan fingerprint density at radius 3 is 1.33 bits per heavy atom. The fourth-order valence-electron chi connectivity index (χ4n) is 2.37. The van der Waals surface area contributed by atoms with Gasteiger partial charge < -0.3 is 15.5 Å². The van der Waals surface area contributed by atoms with E-state index in [0.29, 0.717) is 11.1 Å². The van der Waals surface area contributed by atoms with Gasteiger partial charge in [-0.25, -0.2) is 8.78 Å². The third-order valence-electron chi connectivity index (χ3n) is 3.87. The molecule has 0 aliphatic heterocycles. The van der Waals surface area contributed by atoms with Gasteiger partial charge in [0.25, 0.3) is 0 Å². The van der Waals surface area contributed by atoms with Gasteiger partial charge in [-0.2, -0.15) is 0 Å². The Hall–Kier alpha value is -1.53. The highest BCUT2D eigenvalue weighted by molar-refractivity contribution is 5.85. The lowest BCUT2D eigenvalue weighted by atomic mass is 9.93. The van der Waals surface area contributed by atoms with Crippen LogP contribution in [0.3, 0.4) is 0 Å². The fraction of sp³-hybridized carbons (Fsp3) is 0.333. The average molecular weight is 358 g/mol. The number of nitrogens with one attached hydrogen (secondary N) is 1. The number of halogens is 3. The zero-order valence-corrected chi connectivity index (χ0v) is 14.4. The van der Waals surface area contributed by atoms with Crippen LogP contribution in [-0.2, 0) is 11.2 Å². The van der Waals surface area contributed by atoms with Crippen LogP contribution in [0.1, 0.15) is 25.0 Å². The van der Waals surface area contributed by atoms with Gasteiger partial charge in [0.2, 0.25) is 0 Å². The van der Waals surface area contributed by atoms with Crippen LogP contribution in [0.25, 0.3) is 0 Å². The maximum Gasteiger partial charge on any atom is 0.123 e. The Kier molecular flexibility index (Phi) is 6.86. The molecule has 2 rings (SSSR count). The number of rotatable bonds is 6. The number of hydrogen-bond donors (Lipinski definition) is 3. The molecule has 0 spiro atoms. The van der Waals surface area contributed by atoms with Crippen LogP contribution in [0.15, 0.2) is 48.5 Å². The molecule has 0 aliphatic rings. The Labute approximate surface area is 146 Å². The predicted octanol–water partition coefficient (Wildman–Crippen LogP) is 3.09. The van der Waals surface area contributed by atoms with Crippen molar-refractivity contribution in [3.05, 3.63) is 71.3 Å². The van der Waals surface area contributed by atoms with E-state index in [-0.39, 0.29) is 37.1 Å². The summed E-state index contributed by atoms with van der Waals surface area (Å²) in [5.41, 5.74) is -1.25. The molecule has 24 heavy (non-hydrogen) atoms. The molecule has 2 atom stereocenters. The summed E-state index contributed by atoms with van der Waals surface area (Å²) in [4.78, 5) is 0. The van der Waals surface area contributed by atoms with Crippen molar-refractivity contribution in [3.8, 4) is 0 Å². The minimum Gasteiger partial charge on any atom is -0.384 e. The second kappa shape index (κ2) is 8.03. The topological polar surface area (TPSA) is 52.5 Å². The maximum absolute atomic E-state index is 12.9. The van der Waals surface area contributed by atoms with E-state index in [0.717, 1.165) is 0 Å². The van der Waals surface area contributed by atoms with Crippen molar-refractivity contribution in [3.63, 3.8) is 0 Å². The molecule has 0 saturated carbocycles. The highest BCUT2D eigenvalue weighted by Gasteiger charge is 2.27. The lowest BCUT2D eigenvalue weighted by molar-refractivity contribution is 0.0300. The number of benzene rings is 2. The Morgan fingerprint density at radius 1 is 0.750 bits per heavy atom. The molecule has 0 aromatic heterocycles. The van der Waals surface area contributed by atoms with Gasteiger partial charge in [0.15, 0.2) is 0 Å². The molecule has 0 bridgehead atoms. The predicted molar refractivity (Wildman–Crippen MR) is 92.1 cm³/mol. The van der Waals surface area contributed by atoms with E-state index < -0.39 is 11.2 Å². The number of aliphatic hydroxyl groups is 2. The molecule has 2 aromatic carbocycles. The molecule has 0 saturated heterocycles. The first-order valence-electron chi connectivity index (χ1n) is 7.38. The first-order valence-corrected chi connectivity index (χ1v) is 7.38. The standard InChI is InChI=1S/C18H21F2NO2.ClH/c1-17(22,13-3-7-15(19)8-4-13)11-21-12-18(2,23)14-5-9-16(20)10-6-14;/h3-10,21-23H,11-12H2,1-2H3;1H. The van der Waals surface area contributed by atoms with Crippen molar-refractivity contribution in [2.24, 2.45) is 0 Å². The summed E-state index contributed by atoms with van der Waals surface area (Å²) in [6.07, 6.45) is 0. The Balaban J connectivity index is 0.00000288. The summed E-state index contributed by atoms with van der Waals surface area (Å²) in [6, 6.07) is 11.3. The van der Waals surface area contributed by atoms with Gasteiger partial charge in [-0.15, -0.1) is 12.4 Å². The fourth-order valence-corrected chi connectivity index (χ4v) is 2.37. The summed E-state index contributed by atoms with van der Waals surface area (Å²) in [5, 5.41) is 23.9. The third-order valence-corrected chi connectivity index (χ3v) is 3.87. The van der Waals surface area contributed by atoms with Gasteiger partial charge >= 0.3 is 0 Å². The molecular formula is C18H22ClF2NO2. The normalized spacial score (nSPS) is 15.9. The van der Waals surface area contributed by atoms with E-state index in [1.807, 2.05) is 0 Å². The van der Waals surface area contributed by atoms with Gasteiger partial charge in [-0.1, -0.05) is 24.3 Å². The molecule has 2 unspecified atom stereocenters. The van der Waals surface area contributed by atoms with Gasteiger partial charge in [0.05, 0.1) is 11.2 Å². The quantitative estimate of drug-likeness (QED) is 0.744. The molecule has 3 N–H and O–H groups in total. The van der Waals surface area contributed by atoms with Crippen LogP contribution < -0.4 is 5.32 Å². The summed E-state index contributed by atoms with van der Waals surface area (Å²) in [6.45, 7) is 3.58. The Bertz CT molecular complexity index is 586. The lowest BCUT2D eigenvalue weighted by Crippen LogP contribution is -2.42. The Morgan fingerprint density at radius 2 is 1.04 bits per heavy atom. The summed E-state index contributed by atoms with van der Waals surface area (Å²) in [7, 11) is 0.